The van der Waals surface area contributed by atoms with E-state index in [-0.39, 0.29) is 0 Å². The summed E-state index contributed by atoms with van der Waals surface area (Å²) in [5.41, 5.74) is 0. The Morgan fingerprint density at radius 3 is 3.08 bits per heavy atom. The topological polar surface area (TPSA) is 53.0 Å². The molecule has 1 unspecified atom stereocenters. The van der Waals surface area contributed by atoms with Crippen LogP contribution in [0.2, 0.25) is 0 Å². The van der Waals surface area contributed by atoms with Crippen LogP contribution in [-0.4, -0.2) is 73.2 Å². The predicted molar refractivity (Wildman–Crippen MR) is 98.6 cm³/mol. The number of guanidine groups is 1. The first-order chi connectivity index (χ1) is 11.7. The van der Waals surface area contributed by atoms with Crippen molar-refractivity contribution < 1.29 is 4.74 Å². The molecule has 1 aromatic rings. The van der Waals surface area contributed by atoms with E-state index in [1.54, 1.807) is 12.4 Å². The number of nitrogens with one attached hydrogen (secondary N) is 1. The molecule has 0 spiro atoms. The molecule has 1 aliphatic heterocycles. The minimum atomic E-state index is 0.555. The van der Waals surface area contributed by atoms with Crippen LogP contribution in [0.1, 0.15) is 26.7 Å². The number of hydrogen-bond acceptors (Lipinski definition) is 4. The number of pyridine rings is 1. The zero-order chi connectivity index (χ0) is 17.2. The summed E-state index contributed by atoms with van der Waals surface area (Å²) in [5.74, 6) is 1.74. The summed E-state index contributed by atoms with van der Waals surface area (Å²) in [6.45, 7) is 9.77. The molecule has 0 saturated carbocycles. The monoisotopic (exact) mass is 333 g/mol. The SMILES string of the molecule is CCNC(=NCCOc1cccnc1)N(C)CC1CCCN1CC. The van der Waals surface area contributed by atoms with Crippen LogP contribution in [0.5, 0.6) is 5.75 Å². The average Bonchev–Trinajstić information content (AvgIpc) is 3.05. The van der Waals surface area contributed by atoms with E-state index in [0.717, 1.165) is 31.3 Å². The van der Waals surface area contributed by atoms with Crippen molar-refractivity contribution in [3.05, 3.63) is 24.5 Å². The van der Waals surface area contributed by atoms with Gasteiger partial charge >= 0.3 is 0 Å². The second-order valence-corrected chi connectivity index (χ2v) is 6.08. The summed E-state index contributed by atoms with van der Waals surface area (Å²) in [6, 6.07) is 4.42. The molecular formula is C18H31N5O. The fourth-order valence-corrected chi connectivity index (χ4v) is 3.14. The number of nitrogens with zero attached hydrogens (tertiary/aromatic N) is 4. The molecule has 2 heterocycles. The molecule has 1 atom stereocenters. The van der Waals surface area contributed by atoms with E-state index in [1.165, 1.54) is 19.4 Å². The fraction of sp³-hybridized carbons (Fsp3) is 0.667. The highest BCUT2D eigenvalue weighted by atomic mass is 16.5. The van der Waals surface area contributed by atoms with Crippen LogP contribution < -0.4 is 10.1 Å². The molecule has 6 nitrogen and oxygen atoms in total. The molecule has 0 aliphatic carbocycles. The Morgan fingerprint density at radius 2 is 2.38 bits per heavy atom. The number of hydrogen-bond donors (Lipinski definition) is 1. The van der Waals surface area contributed by atoms with Crippen LogP contribution in [0.3, 0.4) is 0 Å². The van der Waals surface area contributed by atoms with Gasteiger partial charge in [-0.05, 0) is 45.0 Å². The Bertz CT molecular complexity index is 493. The molecule has 2 rings (SSSR count). The normalized spacial score (nSPS) is 18.6. The second kappa shape index (κ2) is 10.1. The van der Waals surface area contributed by atoms with Gasteiger partial charge in [-0.25, -0.2) is 4.99 Å². The largest absolute Gasteiger partial charge is 0.490 e. The van der Waals surface area contributed by atoms with E-state index in [0.29, 0.717) is 19.2 Å². The van der Waals surface area contributed by atoms with Crippen molar-refractivity contribution in [2.45, 2.75) is 32.7 Å². The van der Waals surface area contributed by atoms with E-state index in [1.807, 2.05) is 12.1 Å². The lowest BCUT2D eigenvalue weighted by molar-refractivity contribution is 0.232. The minimum Gasteiger partial charge on any atom is -0.490 e. The van der Waals surface area contributed by atoms with Gasteiger partial charge in [0, 0.05) is 32.4 Å². The van der Waals surface area contributed by atoms with Crippen molar-refractivity contribution in [3.63, 3.8) is 0 Å². The molecule has 0 radical (unpaired) electrons. The van der Waals surface area contributed by atoms with Crippen LogP contribution in [0.4, 0.5) is 0 Å². The molecule has 0 bridgehead atoms. The number of likely N-dealkylation sites (N-methyl/N-ethyl adjacent to an activating group) is 2. The van der Waals surface area contributed by atoms with Crippen LogP contribution in [0.25, 0.3) is 0 Å². The first kappa shape index (κ1) is 18.5. The molecule has 1 saturated heterocycles. The first-order valence-corrected chi connectivity index (χ1v) is 9.01. The first-order valence-electron chi connectivity index (χ1n) is 9.01. The standard InChI is InChI=1S/C18H31N5O/c1-4-20-18(21-11-13-24-17-9-6-10-19-14-17)22(3)15-16-8-7-12-23(16)5-2/h6,9-10,14,16H,4-5,7-8,11-13,15H2,1-3H3,(H,20,21). The molecule has 134 valence electrons. The molecule has 24 heavy (non-hydrogen) atoms. The predicted octanol–water partition coefficient (Wildman–Crippen LogP) is 1.84. The van der Waals surface area contributed by atoms with Crippen molar-refractivity contribution in [3.8, 4) is 5.75 Å². The van der Waals surface area contributed by atoms with Crippen molar-refractivity contribution in [1.82, 2.24) is 20.1 Å². The quantitative estimate of drug-likeness (QED) is 0.447. The van der Waals surface area contributed by atoms with Crippen LogP contribution in [-0.2, 0) is 0 Å². The Balaban J connectivity index is 1.82. The number of likely N-dealkylation sites (tertiary alicyclic amines) is 1. The third-order valence-electron chi connectivity index (χ3n) is 4.34. The lowest BCUT2D eigenvalue weighted by Gasteiger charge is -2.29. The highest BCUT2D eigenvalue weighted by Crippen LogP contribution is 2.17. The third kappa shape index (κ3) is 5.67. The summed E-state index contributed by atoms with van der Waals surface area (Å²) < 4.78 is 5.66. The molecule has 1 N–H and O–H groups in total. The Hall–Kier alpha value is -1.82. The van der Waals surface area contributed by atoms with Gasteiger partial charge in [0.1, 0.15) is 12.4 Å². The van der Waals surface area contributed by atoms with Gasteiger partial charge in [-0.2, -0.15) is 0 Å². The number of aromatic nitrogens is 1. The molecule has 0 amide bonds. The minimum absolute atomic E-state index is 0.555. The van der Waals surface area contributed by atoms with Crippen LogP contribution >= 0.6 is 0 Å². The van der Waals surface area contributed by atoms with Gasteiger partial charge in [0.25, 0.3) is 0 Å². The van der Waals surface area contributed by atoms with Crippen molar-refractivity contribution in [2.24, 2.45) is 4.99 Å². The van der Waals surface area contributed by atoms with Gasteiger partial charge < -0.3 is 15.0 Å². The molecular weight excluding hydrogens is 302 g/mol. The van der Waals surface area contributed by atoms with E-state index < -0.39 is 0 Å². The van der Waals surface area contributed by atoms with Gasteiger partial charge in [-0.15, -0.1) is 0 Å². The van der Waals surface area contributed by atoms with Gasteiger partial charge in [0.2, 0.25) is 0 Å². The van der Waals surface area contributed by atoms with Crippen molar-refractivity contribution >= 4 is 5.96 Å². The molecule has 1 aromatic heterocycles. The molecule has 1 aliphatic rings. The summed E-state index contributed by atoms with van der Waals surface area (Å²) >= 11 is 0. The maximum absolute atomic E-state index is 5.66. The van der Waals surface area contributed by atoms with E-state index in [9.17, 15) is 0 Å². The highest BCUT2D eigenvalue weighted by molar-refractivity contribution is 5.79. The Kier molecular flexibility index (Phi) is 7.82. The lowest BCUT2D eigenvalue weighted by atomic mass is 10.2. The summed E-state index contributed by atoms with van der Waals surface area (Å²) in [6.07, 6.45) is 6.05. The highest BCUT2D eigenvalue weighted by Gasteiger charge is 2.24. The fourth-order valence-electron chi connectivity index (χ4n) is 3.14. The van der Waals surface area contributed by atoms with Crippen LogP contribution in [0.15, 0.2) is 29.5 Å². The Labute approximate surface area is 145 Å². The molecule has 6 heteroatoms. The molecule has 1 fully saturated rings. The second-order valence-electron chi connectivity index (χ2n) is 6.08. The van der Waals surface area contributed by atoms with E-state index >= 15 is 0 Å². The van der Waals surface area contributed by atoms with E-state index in [4.69, 9.17) is 4.74 Å². The number of rotatable bonds is 8. The van der Waals surface area contributed by atoms with Gasteiger partial charge in [-0.1, -0.05) is 6.92 Å². The maximum Gasteiger partial charge on any atom is 0.193 e. The zero-order valence-electron chi connectivity index (χ0n) is 15.2. The smallest absolute Gasteiger partial charge is 0.193 e. The third-order valence-corrected chi connectivity index (χ3v) is 4.34. The number of ether oxygens (including phenoxy) is 1. The van der Waals surface area contributed by atoms with Crippen LogP contribution in [0, 0.1) is 0 Å². The van der Waals surface area contributed by atoms with Crippen molar-refractivity contribution in [1.29, 1.82) is 0 Å². The Morgan fingerprint density at radius 1 is 1.50 bits per heavy atom. The number of aliphatic imine (C=N–C) groups is 1. The van der Waals surface area contributed by atoms with Crippen molar-refractivity contribution in [2.75, 3.05) is 46.4 Å². The van der Waals surface area contributed by atoms with Gasteiger partial charge in [0.15, 0.2) is 5.96 Å². The zero-order valence-corrected chi connectivity index (χ0v) is 15.2. The summed E-state index contributed by atoms with van der Waals surface area (Å²) in [7, 11) is 2.12. The summed E-state index contributed by atoms with van der Waals surface area (Å²) in [4.78, 5) is 13.5. The molecule has 0 aromatic carbocycles. The summed E-state index contributed by atoms with van der Waals surface area (Å²) in [5, 5.41) is 3.38. The lowest BCUT2D eigenvalue weighted by Crippen LogP contribution is -2.46. The van der Waals surface area contributed by atoms with Gasteiger partial charge in [-0.3, -0.25) is 9.88 Å². The maximum atomic E-state index is 5.66. The van der Waals surface area contributed by atoms with E-state index in [2.05, 4.69) is 46.0 Å². The average molecular weight is 333 g/mol. The van der Waals surface area contributed by atoms with Gasteiger partial charge in [0.05, 0.1) is 12.7 Å².